The average Bonchev–Trinajstić information content (AvgIpc) is 2.54. The molecule has 0 aliphatic carbocycles. The fourth-order valence-corrected chi connectivity index (χ4v) is 2.33. The number of nitrogens with one attached hydrogen (secondary N) is 1. The van der Waals surface area contributed by atoms with E-state index >= 15 is 0 Å². The maximum atomic E-state index is 13.1. The Morgan fingerprint density at radius 3 is 2.83 bits per heavy atom. The summed E-state index contributed by atoms with van der Waals surface area (Å²) in [6, 6.07) is 10.7. The first-order valence-corrected chi connectivity index (χ1v) is 7.11. The van der Waals surface area contributed by atoms with Crippen LogP contribution in [0.4, 0.5) is 10.1 Å². The van der Waals surface area contributed by atoms with Gasteiger partial charge in [0.05, 0.1) is 22.3 Å². The number of para-hydroxylation sites is 1. The summed E-state index contributed by atoms with van der Waals surface area (Å²) in [7, 11) is 0. The summed E-state index contributed by atoms with van der Waals surface area (Å²) in [5, 5.41) is 2.90. The van der Waals surface area contributed by atoms with Crippen LogP contribution in [0, 0.1) is 5.82 Å². The normalized spacial score (nSPS) is 10.7. The standard InChI is InChI=1S/C16H11ClFN3O2/c17-12-7-10(5-6-13(12)18)20-15(22)8-21-9-19-14-4-2-1-3-11(14)16(21)23/h1-7,9H,8H2,(H,20,22). The first kappa shape index (κ1) is 15.2. The van der Waals surface area contributed by atoms with Gasteiger partial charge in [-0.3, -0.25) is 14.2 Å². The van der Waals surface area contributed by atoms with Crippen molar-refractivity contribution in [3.63, 3.8) is 0 Å². The van der Waals surface area contributed by atoms with Crippen LogP contribution in [0.25, 0.3) is 10.9 Å². The lowest BCUT2D eigenvalue weighted by Gasteiger charge is -2.08. The Labute approximate surface area is 135 Å². The molecule has 0 saturated carbocycles. The van der Waals surface area contributed by atoms with Crippen molar-refractivity contribution in [3.8, 4) is 0 Å². The second-order valence-corrected chi connectivity index (χ2v) is 5.28. The summed E-state index contributed by atoms with van der Waals surface area (Å²) in [6.07, 6.45) is 1.32. The summed E-state index contributed by atoms with van der Waals surface area (Å²) in [6.45, 7) is -0.203. The quantitative estimate of drug-likeness (QED) is 0.802. The van der Waals surface area contributed by atoms with E-state index < -0.39 is 11.7 Å². The molecule has 7 heteroatoms. The van der Waals surface area contributed by atoms with Crippen LogP contribution in [0.5, 0.6) is 0 Å². The van der Waals surface area contributed by atoms with E-state index in [2.05, 4.69) is 10.3 Å². The Morgan fingerprint density at radius 1 is 1.26 bits per heavy atom. The van der Waals surface area contributed by atoms with Crippen molar-refractivity contribution < 1.29 is 9.18 Å². The largest absolute Gasteiger partial charge is 0.324 e. The van der Waals surface area contributed by atoms with Crippen LogP contribution in [-0.4, -0.2) is 15.5 Å². The minimum Gasteiger partial charge on any atom is -0.324 e. The van der Waals surface area contributed by atoms with Gasteiger partial charge in [0.25, 0.3) is 5.56 Å². The highest BCUT2D eigenvalue weighted by atomic mass is 35.5. The topological polar surface area (TPSA) is 64.0 Å². The van der Waals surface area contributed by atoms with Gasteiger partial charge >= 0.3 is 0 Å². The zero-order valence-electron chi connectivity index (χ0n) is 11.8. The van der Waals surface area contributed by atoms with Crippen molar-refractivity contribution >= 4 is 34.1 Å². The van der Waals surface area contributed by atoms with Crippen molar-refractivity contribution in [2.24, 2.45) is 0 Å². The number of anilines is 1. The van der Waals surface area contributed by atoms with Crippen LogP contribution < -0.4 is 10.9 Å². The summed E-state index contributed by atoms with van der Waals surface area (Å²) in [5.74, 6) is -1.01. The fraction of sp³-hybridized carbons (Fsp3) is 0.0625. The van der Waals surface area contributed by atoms with Crippen LogP contribution in [0.1, 0.15) is 0 Å². The molecule has 1 aromatic heterocycles. The van der Waals surface area contributed by atoms with Gasteiger partial charge in [-0.2, -0.15) is 0 Å². The minimum atomic E-state index is -0.570. The molecule has 23 heavy (non-hydrogen) atoms. The molecule has 3 aromatic rings. The molecule has 1 heterocycles. The van der Waals surface area contributed by atoms with Gasteiger partial charge in [-0.15, -0.1) is 0 Å². The molecule has 2 aromatic carbocycles. The van der Waals surface area contributed by atoms with E-state index in [-0.39, 0.29) is 17.1 Å². The van der Waals surface area contributed by atoms with Crippen LogP contribution in [0.15, 0.2) is 53.6 Å². The van der Waals surface area contributed by atoms with Crippen molar-refractivity contribution in [1.29, 1.82) is 0 Å². The van der Waals surface area contributed by atoms with E-state index in [9.17, 15) is 14.0 Å². The molecule has 116 valence electrons. The molecular formula is C16H11ClFN3O2. The molecule has 1 amide bonds. The zero-order chi connectivity index (χ0) is 16.4. The van der Waals surface area contributed by atoms with Crippen molar-refractivity contribution in [1.82, 2.24) is 9.55 Å². The number of halogens is 2. The third-order valence-electron chi connectivity index (χ3n) is 3.25. The Morgan fingerprint density at radius 2 is 2.04 bits per heavy atom. The van der Waals surface area contributed by atoms with Crippen molar-refractivity contribution in [2.45, 2.75) is 6.54 Å². The number of hydrogen-bond acceptors (Lipinski definition) is 3. The number of benzene rings is 2. The second-order valence-electron chi connectivity index (χ2n) is 4.87. The predicted octanol–water partition coefficient (Wildman–Crippen LogP) is 2.83. The van der Waals surface area contributed by atoms with Gasteiger partial charge in [-0.05, 0) is 30.3 Å². The third-order valence-corrected chi connectivity index (χ3v) is 3.54. The fourth-order valence-electron chi connectivity index (χ4n) is 2.15. The van der Waals surface area contributed by atoms with E-state index in [0.29, 0.717) is 16.6 Å². The van der Waals surface area contributed by atoms with E-state index in [1.165, 1.54) is 23.0 Å². The Bertz CT molecular complexity index is 955. The molecule has 0 saturated heterocycles. The van der Waals surface area contributed by atoms with Gasteiger partial charge in [0.15, 0.2) is 0 Å². The number of nitrogens with zero attached hydrogens (tertiary/aromatic N) is 2. The smallest absolute Gasteiger partial charge is 0.261 e. The van der Waals surface area contributed by atoms with E-state index in [1.54, 1.807) is 24.3 Å². The van der Waals surface area contributed by atoms with Crippen molar-refractivity contribution in [2.75, 3.05) is 5.32 Å². The molecular weight excluding hydrogens is 321 g/mol. The lowest BCUT2D eigenvalue weighted by molar-refractivity contribution is -0.116. The molecule has 0 atom stereocenters. The molecule has 1 N–H and O–H groups in total. The summed E-state index contributed by atoms with van der Waals surface area (Å²) in [4.78, 5) is 28.5. The summed E-state index contributed by atoms with van der Waals surface area (Å²) < 4.78 is 14.3. The van der Waals surface area contributed by atoms with Gasteiger partial charge in [-0.25, -0.2) is 9.37 Å². The Balaban J connectivity index is 1.81. The molecule has 0 unspecified atom stereocenters. The molecule has 5 nitrogen and oxygen atoms in total. The van der Waals surface area contributed by atoms with Gasteiger partial charge in [-0.1, -0.05) is 23.7 Å². The maximum absolute atomic E-state index is 13.1. The predicted molar refractivity (Wildman–Crippen MR) is 86.0 cm³/mol. The molecule has 0 aliphatic heterocycles. The number of carbonyl (C=O) groups excluding carboxylic acids is 1. The lowest BCUT2D eigenvalue weighted by Crippen LogP contribution is -2.27. The first-order valence-electron chi connectivity index (χ1n) is 6.73. The number of amides is 1. The highest BCUT2D eigenvalue weighted by Crippen LogP contribution is 2.19. The molecule has 0 aliphatic rings. The molecule has 0 radical (unpaired) electrons. The van der Waals surface area contributed by atoms with E-state index in [0.717, 1.165) is 6.07 Å². The molecule has 3 rings (SSSR count). The first-order chi connectivity index (χ1) is 11.0. The molecule has 0 bridgehead atoms. The number of rotatable bonds is 3. The highest BCUT2D eigenvalue weighted by Gasteiger charge is 2.09. The van der Waals surface area contributed by atoms with E-state index in [1.807, 2.05) is 0 Å². The average molecular weight is 332 g/mol. The van der Waals surface area contributed by atoms with Crippen LogP contribution >= 0.6 is 11.6 Å². The monoisotopic (exact) mass is 331 g/mol. The number of fused-ring (bicyclic) bond motifs is 1. The number of hydrogen-bond donors (Lipinski definition) is 1. The lowest BCUT2D eigenvalue weighted by atomic mass is 10.2. The van der Waals surface area contributed by atoms with Crippen LogP contribution in [-0.2, 0) is 11.3 Å². The van der Waals surface area contributed by atoms with Gasteiger partial charge in [0, 0.05) is 5.69 Å². The van der Waals surface area contributed by atoms with Gasteiger partial charge in [0.2, 0.25) is 5.91 Å². The second kappa shape index (κ2) is 6.18. The third kappa shape index (κ3) is 3.22. The van der Waals surface area contributed by atoms with Gasteiger partial charge < -0.3 is 5.32 Å². The number of aromatic nitrogens is 2. The summed E-state index contributed by atoms with van der Waals surface area (Å²) in [5.41, 5.74) is 0.616. The SMILES string of the molecule is O=C(Cn1cnc2ccccc2c1=O)Nc1ccc(F)c(Cl)c1. The highest BCUT2D eigenvalue weighted by molar-refractivity contribution is 6.31. The molecule has 0 spiro atoms. The van der Waals surface area contributed by atoms with Crippen molar-refractivity contribution in [3.05, 3.63) is 70.0 Å². The van der Waals surface area contributed by atoms with Crippen LogP contribution in [0.2, 0.25) is 5.02 Å². The van der Waals surface area contributed by atoms with Gasteiger partial charge in [0.1, 0.15) is 12.4 Å². The van der Waals surface area contributed by atoms with E-state index in [4.69, 9.17) is 11.6 Å². The number of carbonyl (C=O) groups is 1. The summed E-state index contributed by atoms with van der Waals surface area (Å²) >= 11 is 5.66. The Kier molecular flexibility index (Phi) is 4.08. The Hall–Kier alpha value is -2.73. The molecule has 0 fully saturated rings. The maximum Gasteiger partial charge on any atom is 0.261 e. The zero-order valence-corrected chi connectivity index (χ0v) is 12.5. The van der Waals surface area contributed by atoms with Crippen LogP contribution in [0.3, 0.4) is 0 Å². The minimum absolute atomic E-state index is 0.0904.